The fourth-order valence-electron chi connectivity index (χ4n) is 5.33. The zero-order valence-electron chi connectivity index (χ0n) is 21.7. The number of carbonyl (C=O) groups excluding carboxylic acids is 1. The first kappa shape index (κ1) is 24.1. The maximum atomic E-state index is 13.1. The molecule has 0 aliphatic carbocycles. The van der Waals surface area contributed by atoms with E-state index in [0.717, 1.165) is 52.4 Å². The topological polar surface area (TPSA) is 47.4 Å². The highest BCUT2D eigenvalue weighted by molar-refractivity contribution is 5.98. The summed E-state index contributed by atoms with van der Waals surface area (Å²) in [6.07, 6.45) is 1.34. The molecule has 1 fully saturated rings. The summed E-state index contributed by atoms with van der Waals surface area (Å²) in [4.78, 5) is 20.1. The van der Waals surface area contributed by atoms with E-state index in [4.69, 9.17) is 9.72 Å². The van der Waals surface area contributed by atoms with Crippen LogP contribution in [-0.4, -0.2) is 28.6 Å². The highest BCUT2D eigenvalue weighted by Gasteiger charge is 2.35. The monoisotopic (exact) mass is 481 g/mol. The van der Waals surface area contributed by atoms with Crippen molar-refractivity contribution in [3.8, 4) is 5.75 Å². The van der Waals surface area contributed by atoms with E-state index in [9.17, 15) is 4.79 Å². The van der Waals surface area contributed by atoms with E-state index >= 15 is 0 Å². The Morgan fingerprint density at radius 1 is 0.972 bits per heavy atom. The third-order valence-corrected chi connectivity index (χ3v) is 7.23. The van der Waals surface area contributed by atoms with Gasteiger partial charge in [-0.1, -0.05) is 56.3 Å². The number of hydrogen-bond acceptors (Lipinski definition) is 3. The molecule has 4 aromatic rings. The number of nitrogens with zero attached hydrogens (tertiary/aromatic N) is 3. The minimum absolute atomic E-state index is 0.0633. The van der Waals surface area contributed by atoms with Crippen LogP contribution in [0.2, 0.25) is 0 Å². The Labute approximate surface area is 213 Å². The number of fused-ring (bicyclic) bond motifs is 1. The summed E-state index contributed by atoms with van der Waals surface area (Å²) in [6, 6.07) is 22.9. The van der Waals surface area contributed by atoms with Crippen LogP contribution >= 0.6 is 0 Å². The summed E-state index contributed by atoms with van der Waals surface area (Å²) < 4.78 is 8.34. The van der Waals surface area contributed by atoms with Gasteiger partial charge in [0.1, 0.15) is 11.6 Å². The molecule has 0 spiro atoms. The third-order valence-electron chi connectivity index (χ3n) is 7.23. The number of anilines is 1. The molecule has 1 aliphatic rings. The number of imidazole rings is 1. The predicted octanol–water partition coefficient (Wildman–Crippen LogP) is 6.77. The number of hydrogen-bond donors (Lipinski definition) is 0. The summed E-state index contributed by atoms with van der Waals surface area (Å²) in [6.45, 7) is 10.6. The van der Waals surface area contributed by atoms with Crippen molar-refractivity contribution in [1.29, 1.82) is 0 Å². The van der Waals surface area contributed by atoms with Crippen LogP contribution in [0.3, 0.4) is 0 Å². The summed E-state index contributed by atoms with van der Waals surface area (Å²) in [5.41, 5.74) is 6.73. The van der Waals surface area contributed by atoms with E-state index in [1.165, 1.54) is 5.56 Å². The molecule has 5 heteroatoms. The molecule has 1 unspecified atom stereocenters. The molecule has 5 rings (SSSR count). The first-order valence-corrected chi connectivity index (χ1v) is 13.0. The van der Waals surface area contributed by atoms with E-state index in [-0.39, 0.29) is 11.8 Å². The zero-order valence-corrected chi connectivity index (χ0v) is 21.7. The molecule has 3 aromatic carbocycles. The predicted molar refractivity (Wildman–Crippen MR) is 146 cm³/mol. The van der Waals surface area contributed by atoms with Crippen LogP contribution in [0, 0.1) is 13.8 Å². The van der Waals surface area contributed by atoms with Crippen LogP contribution in [-0.2, 0) is 11.3 Å². The van der Waals surface area contributed by atoms with Crippen LogP contribution in [0.15, 0.2) is 66.7 Å². The first-order chi connectivity index (χ1) is 17.4. The van der Waals surface area contributed by atoms with Gasteiger partial charge in [-0.05, 0) is 67.1 Å². The molecule has 2 heterocycles. The lowest BCUT2D eigenvalue weighted by atomic mass is 10.0. The highest BCUT2D eigenvalue weighted by atomic mass is 16.5. The summed E-state index contributed by atoms with van der Waals surface area (Å²) >= 11 is 0. The molecule has 36 heavy (non-hydrogen) atoms. The highest BCUT2D eigenvalue weighted by Crippen LogP contribution is 2.36. The van der Waals surface area contributed by atoms with E-state index in [2.05, 4.69) is 86.9 Å². The molecular weight excluding hydrogens is 446 g/mol. The maximum absolute atomic E-state index is 13.1. The number of benzene rings is 3. The van der Waals surface area contributed by atoms with Gasteiger partial charge in [0.2, 0.25) is 5.91 Å². The van der Waals surface area contributed by atoms with Gasteiger partial charge in [0.25, 0.3) is 0 Å². The number of aromatic nitrogens is 2. The lowest BCUT2D eigenvalue weighted by Gasteiger charge is -2.21. The van der Waals surface area contributed by atoms with Gasteiger partial charge >= 0.3 is 0 Å². The Kier molecular flexibility index (Phi) is 6.82. The van der Waals surface area contributed by atoms with Crippen molar-refractivity contribution in [2.45, 2.75) is 58.9 Å². The number of amides is 1. The summed E-state index contributed by atoms with van der Waals surface area (Å²) in [5, 5.41) is 0. The van der Waals surface area contributed by atoms with Crippen molar-refractivity contribution in [2.75, 3.05) is 18.1 Å². The van der Waals surface area contributed by atoms with Crippen molar-refractivity contribution in [1.82, 2.24) is 9.55 Å². The minimum Gasteiger partial charge on any atom is -0.494 e. The molecule has 186 valence electrons. The second kappa shape index (κ2) is 10.2. The summed E-state index contributed by atoms with van der Waals surface area (Å²) in [7, 11) is 0. The van der Waals surface area contributed by atoms with Crippen molar-refractivity contribution in [3.05, 3.63) is 89.2 Å². The zero-order chi connectivity index (χ0) is 25.2. The largest absolute Gasteiger partial charge is 0.494 e. The second-order valence-corrected chi connectivity index (χ2v) is 10.2. The fraction of sp³-hybridized carbons (Fsp3) is 0.355. The van der Waals surface area contributed by atoms with Gasteiger partial charge in [-0.15, -0.1) is 0 Å². The fourth-order valence-corrected chi connectivity index (χ4v) is 5.33. The van der Waals surface area contributed by atoms with Crippen molar-refractivity contribution in [2.24, 2.45) is 0 Å². The molecule has 1 atom stereocenters. The average Bonchev–Trinajstić information content (AvgIpc) is 3.42. The molecule has 0 bridgehead atoms. The molecular formula is C31H35N3O2. The number of ether oxygens (including phenoxy) is 1. The van der Waals surface area contributed by atoms with Gasteiger partial charge in [-0.25, -0.2) is 4.98 Å². The summed E-state index contributed by atoms with van der Waals surface area (Å²) in [5.74, 6) is 2.65. The van der Waals surface area contributed by atoms with E-state index in [1.54, 1.807) is 0 Å². The van der Waals surface area contributed by atoms with Crippen molar-refractivity contribution < 1.29 is 9.53 Å². The number of carbonyl (C=O) groups is 1. The number of aryl methyl sites for hydroxylation is 3. The van der Waals surface area contributed by atoms with Gasteiger partial charge in [0.05, 0.1) is 17.6 Å². The molecule has 1 saturated heterocycles. The van der Waals surface area contributed by atoms with Crippen LogP contribution in [0.4, 0.5) is 5.69 Å². The molecule has 1 amide bonds. The van der Waals surface area contributed by atoms with Crippen molar-refractivity contribution >= 4 is 22.6 Å². The van der Waals surface area contributed by atoms with Crippen LogP contribution in [0.5, 0.6) is 5.75 Å². The second-order valence-electron chi connectivity index (χ2n) is 10.2. The first-order valence-electron chi connectivity index (χ1n) is 13.0. The van der Waals surface area contributed by atoms with Crippen LogP contribution in [0.25, 0.3) is 11.0 Å². The van der Waals surface area contributed by atoms with Gasteiger partial charge < -0.3 is 14.2 Å². The molecule has 1 aromatic heterocycles. The SMILES string of the molecule is Cc1cccc(C)c1N1CC(c2nc3ccccc3n2CCCOc2ccc(C(C)C)cc2)CC1=O. The molecule has 0 radical (unpaired) electrons. The molecule has 0 N–H and O–H groups in total. The smallest absolute Gasteiger partial charge is 0.227 e. The number of para-hydroxylation sites is 3. The Hall–Kier alpha value is -3.60. The average molecular weight is 482 g/mol. The van der Waals surface area contributed by atoms with E-state index < -0.39 is 0 Å². The lowest BCUT2D eigenvalue weighted by molar-refractivity contribution is -0.117. The Bertz CT molecular complexity index is 1350. The van der Waals surface area contributed by atoms with Crippen molar-refractivity contribution in [3.63, 3.8) is 0 Å². The van der Waals surface area contributed by atoms with Gasteiger partial charge in [-0.2, -0.15) is 0 Å². The Balaban J connectivity index is 1.33. The van der Waals surface area contributed by atoms with Gasteiger partial charge in [-0.3, -0.25) is 4.79 Å². The van der Waals surface area contributed by atoms with Gasteiger partial charge in [0.15, 0.2) is 0 Å². The van der Waals surface area contributed by atoms with E-state index in [0.29, 0.717) is 25.5 Å². The Morgan fingerprint density at radius 2 is 1.69 bits per heavy atom. The normalized spacial score (nSPS) is 15.9. The van der Waals surface area contributed by atoms with Gasteiger partial charge in [0, 0.05) is 31.1 Å². The molecule has 5 nitrogen and oxygen atoms in total. The molecule has 1 aliphatic heterocycles. The van der Waals surface area contributed by atoms with Crippen LogP contribution < -0.4 is 9.64 Å². The van der Waals surface area contributed by atoms with E-state index in [1.807, 2.05) is 17.0 Å². The maximum Gasteiger partial charge on any atom is 0.227 e. The van der Waals surface area contributed by atoms with Crippen LogP contribution in [0.1, 0.15) is 61.0 Å². The Morgan fingerprint density at radius 3 is 2.42 bits per heavy atom. The number of rotatable bonds is 8. The minimum atomic E-state index is 0.0633. The third kappa shape index (κ3) is 4.75. The standard InChI is InChI=1S/C31H35N3O2/c1-21(2)24-13-15-26(16-14-24)36-18-8-17-33-28-12-6-5-11-27(28)32-31(33)25-19-29(35)34(20-25)30-22(3)9-7-10-23(30)4/h5-7,9-16,21,25H,8,17-20H2,1-4H3. The quantitative estimate of drug-likeness (QED) is 0.261. The lowest BCUT2D eigenvalue weighted by Crippen LogP contribution is -2.26. The molecule has 0 saturated carbocycles.